The van der Waals surface area contributed by atoms with E-state index in [0.29, 0.717) is 5.39 Å². The van der Waals surface area contributed by atoms with Crippen LogP contribution in [-0.2, 0) is 7.05 Å². The third-order valence-electron chi connectivity index (χ3n) is 2.42. The summed E-state index contributed by atoms with van der Waals surface area (Å²) in [6.45, 7) is 1.80. The van der Waals surface area contributed by atoms with E-state index in [1.807, 2.05) is 0 Å². The SMILES string of the molecule is Cc1c(Br)sc2c1c(=O)c(C(=O)O)cn2C. The van der Waals surface area contributed by atoms with E-state index in [9.17, 15) is 9.59 Å². The number of aromatic nitrogens is 1. The Kier molecular flexibility index (Phi) is 2.63. The summed E-state index contributed by atoms with van der Waals surface area (Å²) in [5, 5.41) is 9.41. The zero-order valence-electron chi connectivity index (χ0n) is 8.57. The largest absolute Gasteiger partial charge is 0.477 e. The van der Waals surface area contributed by atoms with Gasteiger partial charge < -0.3 is 9.67 Å². The molecule has 0 aliphatic rings. The van der Waals surface area contributed by atoms with Crippen LogP contribution in [0.25, 0.3) is 10.2 Å². The third kappa shape index (κ3) is 1.49. The molecule has 0 atom stereocenters. The van der Waals surface area contributed by atoms with Crippen molar-refractivity contribution in [3.8, 4) is 0 Å². The molecule has 84 valence electrons. The molecule has 1 N–H and O–H groups in total. The lowest BCUT2D eigenvalue weighted by molar-refractivity contribution is 0.0695. The maximum Gasteiger partial charge on any atom is 0.341 e. The standard InChI is InChI=1S/C10H8BrNO3S/c1-4-6-7(13)5(10(14)15)3-12(2)9(6)16-8(4)11/h3H,1-2H3,(H,14,15). The van der Waals surface area contributed by atoms with Crippen molar-refractivity contribution < 1.29 is 9.90 Å². The maximum atomic E-state index is 11.9. The van der Waals surface area contributed by atoms with Crippen LogP contribution in [-0.4, -0.2) is 15.6 Å². The molecule has 0 spiro atoms. The van der Waals surface area contributed by atoms with Gasteiger partial charge in [-0.25, -0.2) is 4.79 Å². The predicted octanol–water partition coefficient (Wildman–Crippen LogP) is 2.37. The minimum absolute atomic E-state index is 0.191. The molecule has 0 aromatic carbocycles. The van der Waals surface area contributed by atoms with E-state index in [1.165, 1.54) is 17.5 Å². The van der Waals surface area contributed by atoms with Gasteiger partial charge in [-0.3, -0.25) is 4.79 Å². The summed E-state index contributed by atoms with van der Waals surface area (Å²) in [4.78, 5) is 23.6. The van der Waals surface area contributed by atoms with E-state index >= 15 is 0 Å². The lowest BCUT2D eigenvalue weighted by Gasteiger charge is -2.02. The van der Waals surface area contributed by atoms with Gasteiger partial charge >= 0.3 is 5.97 Å². The molecule has 0 radical (unpaired) electrons. The Hall–Kier alpha value is -1.14. The summed E-state index contributed by atoms with van der Waals surface area (Å²) >= 11 is 4.78. The van der Waals surface area contributed by atoms with Crippen molar-refractivity contribution in [1.82, 2.24) is 4.57 Å². The van der Waals surface area contributed by atoms with Gasteiger partial charge in [-0.15, -0.1) is 11.3 Å². The van der Waals surface area contributed by atoms with Gasteiger partial charge in [0.05, 0.1) is 9.17 Å². The van der Waals surface area contributed by atoms with Crippen LogP contribution in [0.5, 0.6) is 0 Å². The first-order valence-corrected chi connectivity index (χ1v) is 6.06. The lowest BCUT2D eigenvalue weighted by atomic mass is 10.1. The number of aromatic carboxylic acids is 1. The Labute approximate surface area is 103 Å². The molecule has 0 bridgehead atoms. The number of carboxylic acids is 1. The quantitative estimate of drug-likeness (QED) is 0.880. The Morgan fingerprint density at radius 1 is 1.56 bits per heavy atom. The van der Waals surface area contributed by atoms with Crippen LogP contribution in [0.15, 0.2) is 14.8 Å². The molecule has 0 amide bonds. The van der Waals surface area contributed by atoms with Gasteiger partial charge in [0.2, 0.25) is 5.43 Å². The maximum absolute atomic E-state index is 11.9. The monoisotopic (exact) mass is 301 g/mol. The molecule has 0 unspecified atom stereocenters. The number of pyridine rings is 1. The Balaban J connectivity index is 3.04. The van der Waals surface area contributed by atoms with Gasteiger partial charge in [-0.2, -0.15) is 0 Å². The highest BCUT2D eigenvalue weighted by atomic mass is 79.9. The number of fused-ring (bicyclic) bond motifs is 1. The minimum atomic E-state index is -1.19. The Morgan fingerprint density at radius 3 is 2.75 bits per heavy atom. The first-order chi connectivity index (χ1) is 7.43. The molecule has 0 saturated carbocycles. The highest BCUT2D eigenvalue weighted by Crippen LogP contribution is 2.32. The fraction of sp³-hybridized carbons (Fsp3) is 0.200. The summed E-state index contributed by atoms with van der Waals surface area (Å²) in [6.07, 6.45) is 1.36. The zero-order chi connectivity index (χ0) is 12.0. The van der Waals surface area contributed by atoms with Crippen molar-refractivity contribution in [2.75, 3.05) is 0 Å². The number of hydrogen-bond donors (Lipinski definition) is 1. The number of hydrogen-bond acceptors (Lipinski definition) is 3. The number of carboxylic acid groups (broad SMARTS) is 1. The number of thiophene rings is 1. The molecule has 0 fully saturated rings. The smallest absolute Gasteiger partial charge is 0.341 e. The normalized spacial score (nSPS) is 10.9. The average Bonchev–Trinajstić information content (AvgIpc) is 2.50. The molecule has 2 rings (SSSR count). The van der Waals surface area contributed by atoms with E-state index in [-0.39, 0.29) is 5.56 Å². The van der Waals surface area contributed by atoms with Crippen LogP contribution in [0.1, 0.15) is 15.9 Å². The van der Waals surface area contributed by atoms with Crippen molar-refractivity contribution in [2.45, 2.75) is 6.92 Å². The summed E-state index contributed by atoms with van der Waals surface area (Å²) < 4.78 is 2.53. The van der Waals surface area contributed by atoms with Crippen LogP contribution in [0.4, 0.5) is 0 Å². The van der Waals surface area contributed by atoms with Gasteiger partial charge in [0.1, 0.15) is 10.4 Å². The molecule has 2 aromatic heterocycles. The first kappa shape index (κ1) is 11.3. The molecule has 2 aromatic rings. The number of nitrogens with zero attached hydrogens (tertiary/aromatic N) is 1. The second-order valence-electron chi connectivity index (χ2n) is 3.47. The number of halogens is 1. The van der Waals surface area contributed by atoms with Gasteiger partial charge in [0, 0.05) is 13.2 Å². The van der Waals surface area contributed by atoms with Crippen molar-refractivity contribution in [3.63, 3.8) is 0 Å². The van der Waals surface area contributed by atoms with Gasteiger partial charge in [0.15, 0.2) is 0 Å². The summed E-state index contributed by atoms with van der Waals surface area (Å²) in [5.41, 5.74) is 0.187. The molecule has 6 heteroatoms. The van der Waals surface area contributed by atoms with E-state index in [2.05, 4.69) is 15.9 Å². The van der Waals surface area contributed by atoms with E-state index in [0.717, 1.165) is 14.2 Å². The van der Waals surface area contributed by atoms with Crippen molar-refractivity contribution in [1.29, 1.82) is 0 Å². The van der Waals surface area contributed by atoms with Gasteiger partial charge in [-0.1, -0.05) is 0 Å². The molecule has 0 aliphatic heterocycles. The first-order valence-electron chi connectivity index (χ1n) is 4.45. The summed E-state index contributed by atoms with van der Waals surface area (Å²) in [6, 6.07) is 0. The molecular formula is C10H8BrNO3S. The van der Waals surface area contributed by atoms with Gasteiger partial charge in [-0.05, 0) is 28.4 Å². The van der Waals surface area contributed by atoms with Crippen molar-refractivity contribution >= 4 is 43.5 Å². The molecule has 0 aliphatic carbocycles. The van der Waals surface area contributed by atoms with Gasteiger partial charge in [0.25, 0.3) is 0 Å². The number of aryl methyl sites for hydroxylation is 2. The summed E-state index contributed by atoms with van der Waals surface area (Å²) in [5.74, 6) is -1.19. The predicted molar refractivity (Wildman–Crippen MR) is 66.5 cm³/mol. The Bertz CT molecular complexity index is 656. The highest BCUT2D eigenvalue weighted by molar-refractivity contribution is 9.11. The molecular weight excluding hydrogens is 294 g/mol. The summed E-state index contributed by atoms with van der Waals surface area (Å²) in [7, 11) is 1.73. The highest BCUT2D eigenvalue weighted by Gasteiger charge is 2.17. The molecule has 16 heavy (non-hydrogen) atoms. The Morgan fingerprint density at radius 2 is 2.19 bits per heavy atom. The van der Waals surface area contributed by atoms with Crippen LogP contribution >= 0.6 is 27.3 Å². The lowest BCUT2D eigenvalue weighted by Crippen LogP contribution is -2.17. The molecule has 2 heterocycles. The van der Waals surface area contributed by atoms with Crippen LogP contribution in [0, 0.1) is 6.92 Å². The van der Waals surface area contributed by atoms with E-state index < -0.39 is 11.4 Å². The topological polar surface area (TPSA) is 59.3 Å². The third-order valence-corrected chi connectivity index (χ3v) is 4.67. The van der Waals surface area contributed by atoms with Crippen LogP contribution < -0.4 is 5.43 Å². The number of rotatable bonds is 1. The fourth-order valence-corrected chi connectivity index (χ4v) is 3.21. The molecule has 4 nitrogen and oxygen atoms in total. The zero-order valence-corrected chi connectivity index (χ0v) is 11.0. The second-order valence-corrected chi connectivity index (χ2v) is 5.79. The second kappa shape index (κ2) is 3.71. The van der Waals surface area contributed by atoms with Crippen LogP contribution in [0.2, 0.25) is 0 Å². The van der Waals surface area contributed by atoms with Crippen molar-refractivity contribution in [3.05, 3.63) is 31.3 Å². The van der Waals surface area contributed by atoms with Crippen molar-refractivity contribution in [2.24, 2.45) is 7.05 Å². The number of carbonyl (C=O) groups is 1. The fourth-order valence-electron chi connectivity index (χ4n) is 1.58. The molecule has 0 saturated heterocycles. The van der Waals surface area contributed by atoms with Crippen LogP contribution in [0.3, 0.4) is 0 Å². The average molecular weight is 302 g/mol. The van der Waals surface area contributed by atoms with E-state index in [1.54, 1.807) is 18.5 Å². The minimum Gasteiger partial charge on any atom is -0.477 e. The van der Waals surface area contributed by atoms with E-state index in [4.69, 9.17) is 5.11 Å².